The summed E-state index contributed by atoms with van der Waals surface area (Å²) >= 11 is 0. The number of hydrogen-bond acceptors (Lipinski definition) is 3. The van der Waals surface area contributed by atoms with Gasteiger partial charge in [0.25, 0.3) is 0 Å². The molecule has 2 aromatic rings. The van der Waals surface area contributed by atoms with Crippen LogP contribution in [-0.4, -0.2) is 33.4 Å². The van der Waals surface area contributed by atoms with Crippen LogP contribution in [0.1, 0.15) is 51.3 Å². The fourth-order valence-corrected chi connectivity index (χ4v) is 3.08. The van der Waals surface area contributed by atoms with Crippen molar-refractivity contribution in [1.82, 2.24) is 0 Å². The highest BCUT2D eigenvalue weighted by Crippen LogP contribution is 2.35. The standard InChI is InChI=1S/C20H22O5/c1-12-9-14(18(22)23)17(15(10-12)19(24)25)20(2,3)16(21)11-13-7-5-4-6-8-13/h4-10,16,21H,11H2,1-3H3,(H,22,23)(H,24,25). The summed E-state index contributed by atoms with van der Waals surface area (Å²) in [5.74, 6) is -2.41. The second kappa shape index (κ2) is 7.07. The minimum absolute atomic E-state index is 0.0884. The van der Waals surface area contributed by atoms with E-state index in [9.17, 15) is 24.9 Å². The molecule has 0 aliphatic heterocycles. The number of aliphatic hydroxyl groups excluding tert-OH is 1. The van der Waals surface area contributed by atoms with Crippen molar-refractivity contribution in [2.45, 2.75) is 38.7 Å². The Morgan fingerprint density at radius 3 is 1.92 bits per heavy atom. The van der Waals surface area contributed by atoms with Crippen LogP contribution in [0.25, 0.3) is 0 Å². The van der Waals surface area contributed by atoms with E-state index >= 15 is 0 Å². The van der Waals surface area contributed by atoms with E-state index in [1.54, 1.807) is 20.8 Å². The zero-order chi connectivity index (χ0) is 18.8. The molecule has 0 bridgehead atoms. The lowest BCUT2D eigenvalue weighted by Crippen LogP contribution is -2.38. The van der Waals surface area contributed by atoms with Gasteiger partial charge in [0.15, 0.2) is 0 Å². The molecule has 132 valence electrons. The molecule has 2 rings (SSSR count). The number of aryl methyl sites for hydroxylation is 1. The van der Waals surface area contributed by atoms with E-state index in [1.807, 2.05) is 30.3 Å². The van der Waals surface area contributed by atoms with E-state index in [0.29, 0.717) is 12.0 Å². The maximum atomic E-state index is 11.7. The molecular weight excluding hydrogens is 320 g/mol. The van der Waals surface area contributed by atoms with Gasteiger partial charge in [0.2, 0.25) is 0 Å². The van der Waals surface area contributed by atoms with Crippen LogP contribution in [0.5, 0.6) is 0 Å². The lowest BCUT2D eigenvalue weighted by Gasteiger charge is -2.34. The van der Waals surface area contributed by atoms with Gasteiger partial charge in [0.1, 0.15) is 0 Å². The van der Waals surface area contributed by atoms with Crippen LogP contribution in [0.3, 0.4) is 0 Å². The van der Waals surface area contributed by atoms with Gasteiger partial charge in [0, 0.05) is 5.41 Å². The van der Waals surface area contributed by atoms with Gasteiger partial charge < -0.3 is 15.3 Å². The highest BCUT2D eigenvalue weighted by atomic mass is 16.4. The van der Waals surface area contributed by atoms with Gasteiger partial charge in [-0.1, -0.05) is 44.2 Å². The Bertz CT molecular complexity index is 758. The smallest absolute Gasteiger partial charge is 0.336 e. The summed E-state index contributed by atoms with van der Waals surface area (Å²) in [4.78, 5) is 23.4. The number of hydrogen-bond donors (Lipinski definition) is 3. The molecule has 0 heterocycles. The minimum Gasteiger partial charge on any atom is -0.478 e. The molecule has 25 heavy (non-hydrogen) atoms. The lowest BCUT2D eigenvalue weighted by atomic mass is 9.72. The van der Waals surface area contributed by atoms with Crippen LogP contribution in [-0.2, 0) is 11.8 Å². The molecule has 2 aromatic carbocycles. The van der Waals surface area contributed by atoms with Crippen LogP contribution < -0.4 is 0 Å². The minimum atomic E-state index is -1.21. The van der Waals surface area contributed by atoms with E-state index < -0.39 is 23.5 Å². The van der Waals surface area contributed by atoms with Crippen molar-refractivity contribution in [1.29, 1.82) is 0 Å². The molecule has 5 heteroatoms. The third kappa shape index (κ3) is 3.88. The van der Waals surface area contributed by atoms with Crippen molar-refractivity contribution in [2.75, 3.05) is 0 Å². The Balaban J connectivity index is 2.57. The Hall–Kier alpha value is -2.66. The Labute approximate surface area is 146 Å². The average Bonchev–Trinajstić information content (AvgIpc) is 2.54. The van der Waals surface area contributed by atoms with Crippen LogP contribution >= 0.6 is 0 Å². The zero-order valence-electron chi connectivity index (χ0n) is 14.5. The van der Waals surface area contributed by atoms with E-state index in [4.69, 9.17) is 0 Å². The summed E-state index contributed by atoms with van der Waals surface area (Å²) in [6, 6.07) is 12.2. The number of aromatic carboxylic acids is 2. The SMILES string of the molecule is Cc1cc(C(=O)O)c(C(C)(C)C(O)Cc2ccccc2)c(C(=O)O)c1. The first-order chi connectivity index (χ1) is 11.6. The maximum absolute atomic E-state index is 11.7. The summed E-state index contributed by atoms with van der Waals surface area (Å²) in [5.41, 5.74) is 0.340. The quantitative estimate of drug-likeness (QED) is 0.749. The van der Waals surface area contributed by atoms with Gasteiger partial charge in [-0.05, 0) is 42.2 Å². The van der Waals surface area contributed by atoms with Crippen LogP contribution in [0.2, 0.25) is 0 Å². The normalized spacial score (nSPS) is 12.6. The van der Waals surface area contributed by atoms with E-state index in [-0.39, 0.29) is 16.7 Å². The first-order valence-corrected chi connectivity index (χ1v) is 7.98. The molecule has 0 saturated carbocycles. The van der Waals surface area contributed by atoms with E-state index in [1.165, 1.54) is 12.1 Å². The molecule has 1 unspecified atom stereocenters. The summed E-state index contributed by atoms with van der Waals surface area (Å²) in [6.45, 7) is 4.99. The number of carboxylic acids is 2. The number of carboxylic acid groups (broad SMARTS) is 2. The third-order valence-electron chi connectivity index (χ3n) is 4.49. The van der Waals surface area contributed by atoms with Gasteiger partial charge in [-0.25, -0.2) is 9.59 Å². The van der Waals surface area contributed by atoms with E-state index in [0.717, 1.165) is 5.56 Å². The molecule has 0 aromatic heterocycles. The first-order valence-electron chi connectivity index (χ1n) is 7.98. The predicted octanol–water partition coefficient (Wildman–Crippen LogP) is 3.27. The predicted molar refractivity (Wildman–Crippen MR) is 94.3 cm³/mol. The second-order valence-electron chi connectivity index (χ2n) is 6.77. The molecule has 0 radical (unpaired) electrons. The highest BCUT2D eigenvalue weighted by Gasteiger charge is 2.37. The Morgan fingerprint density at radius 1 is 1.00 bits per heavy atom. The van der Waals surface area contributed by atoms with Crippen molar-refractivity contribution in [3.8, 4) is 0 Å². The molecular formula is C20H22O5. The van der Waals surface area contributed by atoms with Gasteiger partial charge in [0.05, 0.1) is 17.2 Å². The van der Waals surface area contributed by atoms with Gasteiger partial charge in [-0.3, -0.25) is 0 Å². The summed E-state index contributed by atoms with van der Waals surface area (Å²) in [6.07, 6.45) is -0.659. The van der Waals surface area contributed by atoms with Gasteiger partial charge >= 0.3 is 11.9 Å². The number of rotatable bonds is 6. The molecule has 3 N–H and O–H groups in total. The number of benzene rings is 2. The summed E-state index contributed by atoms with van der Waals surface area (Å²) < 4.78 is 0. The van der Waals surface area contributed by atoms with Crippen molar-refractivity contribution in [3.05, 3.63) is 70.3 Å². The monoisotopic (exact) mass is 342 g/mol. The van der Waals surface area contributed by atoms with Crippen molar-refractivity contribution >= 4 is 11.9 Å². The molecule has 0 fully saturated rings. The van der Waals surface area contributed by atoms with Gasteiger partial charge in [-0.15, -0.1) is 0 Å². The van der Waals surface area contributed by atoms with Crippen LogP contribution in [0, 0.1) is 6.92 Å². The molecule has 0 aliphatic rings. The summed E-state index contributed by atoms with van der Waals surface area (Å²) in [5, 5.41) is 29.9. The third-order valence-corrected chi connectivity index (χ3v) is 4.49. The molecule has 0 saturated heterocycles. The fraction of sp³-hybridized carbons (Fsp3) is 0.300. The molecule has 0 amide bonds. The highest BCUT2D eigenvalue weighted by molar-refractivity contribution is 5.97. The summed E-state index contributed by atoms with van der Waals surface area (Å²) in [7, 11) is 0. The lowest BCUT2D eigenvalue weighted by molar-refractivity contribution is 0.0672. The Morgan fingerprint density at radius 2 is 1.48 bits per heavy atom. The number of carbonyl (C=O) groups is 2. The Kier molecular flexibility index (Phi) is 5.28. The number of aliphatic hydroxyl groups is 1. The topological polar surface area (TPSA) is 94.8 Å². The van der Waals surface area contributed by atoms with Crippen molar-refractivity contribution < 1.29 is 24.9 Å². The van der Waals surface area contributed by atoms with Crippen LogP contribution in [0.15, 0.2) is 42.5 Å². The van der Waals surface area contributed by atoms with Crippen molar-refractivity contribution in [3.63, 3.8) is 0 Å². The largest absolute Gasteiger partial charge is 0.478 e. The zero-order valence-corrected chi connectivity index (χ0v) is 14.5. The van der Waals surface area contributed by atoms with Crippen molar-refractivity contribution in [2.24, 2.45) is 0 Å². The first kappa shape index (κ1) is 18.7. The van der Waals surface area contributed by atoms with Crippen LogP contribution in [0.4, 0.5) is 0 Å². The second-order valence-corrected chi connectivity index (χ2v) is 6.77. The van der Waals surface area contributed by atoms with E-state index in [2.05, 4.69) is 0 Å². The molecule has 5 nitrogen and oxygen atoms in total. The molecule has 0 aliphatic carbocycles. The maximum Gasteiger partial charge on any atom is 0.336 e. The average molecular weight is 342 g/mol. The molecule has 1 atom stereocenters. The molecule has 0 spiro atoms. The fourth-order valence-electron chi connectivity index (χ4n) is 3.08. The van der Waals surface area contributed by atoms with Gasteiger partial charge in [-0.2, -0.15) is 0 Å².